The van der Waals surface area contributed by atoms with Crippen molar-refractivity contribution in [2.45, 2.75) is 6.92 Å². The van der Waals surface area contributed by atoms with Crippen LogP contribution in [0, 0.1) is 0 Å². The minimum atomic E-state index is 0.940. The first-order chi connectivity index (χ1) is 7.81. The molecule has 0 bridgehead atoms. The molecule has 4 nitrogen and oxygen atoms in total. The van der Waals surface area contributed by atoms with Gasteiger partial charge in [-0.15, -0.1) is 5.10 Å². The molecule has 0 aliphatic heterocycles. The van der Waals surface area contributed by atoms with E-state index >= 15 is 0 Å². The monoisotopic (exact) mass is 236 g/mol. The Morgan fingerprint density at radius 3 is 3.12 bits per heavy atom. The molecule has 0 aliphatic rings. The number of anilines is 1. The third-order valence-corrected chi connectivity index (χ3v) is 3.29. The maximum atomic E-state index is 4.09. The lowest BCUT2D eigenvalue weighted by molar-refractivity contribution is 0.736. The second-order valence-corrected chi connectivity index (χ2v) is 4.93. The molecule has 1 aromatic heterocycles. The molecule has 0 fully saturated rings. The Bertz CT molecular complexity index is 466. The van der Waals surface area contributed by atoms with Gasteiger partial charge in [-0.1, -0.05) is 12.1 Å². The van der Waals surface area contributed by atoms with Crippen LogP contribution in [-0.2, 0) is 7.05 Å². The van der Waals surface area contributed by atoms with E-state index in [1.54, 1.807) is 4.68 Å². The number of nitrogens with one attached hydrogen (secondary N) is 1. The predicted octanol–water partition coefficient (Wildman–Crippen LogP) is 2.13. The van der Waals surface area contributed by atoms with Crippen LogP contribution in [0.25, 0.3) is 11.0 Å². The molecule has 1 aromatic carbocycles. The first-order valence-electron chi connectivity index (χ1n) is 5.42. The van der Waals surface area contributed by atoms with Crippen molar-refractivity contribution in [2.75, 3.05) is 23.4 Å². The Morgan fingerprint density at radius 1 is 1.44 bits per heavy atom. The number of aryl methyl sites for hydroxylation is 1. The van der Waals surface area contributed by atoms with Crippen LogP contribution in [0.4, 0.5) is 5.69 Å². The van der Waals surface area contributed by atoms with Crippen molar-refractivity contribution in [3.8, 4) is 0 Å². The van der Waals surface area contributed by atoms with Crippen LogP contribution in [-0.4, -0.2) is 33.0 Å². The minimum absolute atomic E-state index is 0.940. The fourth-order valence-corrected chi connectivity index (χ4v) is 2.10. The van der Waals surface area contributed by atoms with Crippen LogP contribution in [0.15, 0.2) is 18.2 Å². The maximum Gasteiger partial charge on any atom is 0.115 e. The van der Waals surface area contributed by atoms with Crippen LogP contribution < -0.4 is 5.32 Å². The summed E-state index contributed by atoms with van der Waals surface area (Å²) >= 11 is 1.94. The van der Waals surface area contributed by atoms with Gasteiger partial charge in [-0.25, -0.2) is 4.68 Å². The quantitative estimate of drug-likeness (QED) is 0.808. The fraction of sp³-hybridized carbons (Fsp3) is 0.455. The number of nitrogens with zero attached hydrogens (tertiary/aromatic N) is 3. The summed E-state index contributed by atoms with van der Waals surface area (Å²) in [6.07, 6.45) is 0. The van der Waals surface area contributed by atoms with E-state index in [2.05, 4.69) is 28.6 Å². The van der Waals surface area contributed by atoms with Gasteiger partial charge < -0.3 is 5.32 Å². The van der Waals surface area contributed by atoms with E-state index in [0.717, 1.165) is 29.0 Å². The molecule has 2 aromatic rings. The number of aromatic nitrogens is 3. The predicted molar refractivity (Wildman–Crippen MR) is 70.0 cm³/mol. The zero-order valence-electron chi connectivity index (χ0n) is 9.60. The van der Waals surface area contributed by atoms with Gasteiger partial charge in [-0.2, -0.15) is 11.8 Å². The summed E-state index contributed by atoms with van der Waals surface area (Å²) in [7, 11) is 1.90. The van der Waals surface area contributed by atoms with Gasteiger partial charge in [-0.3, -0.25) is 0 Å². The molecule has 1 N–H and O–H groups in total. The number of fused-ring (bicyclic) bond motifs is 1. The number of benzene rings is 1. The normalized spacial score (nSPS) is 10.9. The van der Waals surface area contributed by atoms with Crippen molar-refractivity contribution in [3.05, 3.63) is 18.2 Å². The molecule has 0 aliphatic carbocycles. The topological polar surface area (TPSA) is 42.7 Å². The summed E-state index contributed by atoms with van der Waals surface area (Å²) in [4.78, 5) is 0. The SMILES string of the molecule is CCSCCNc1ccc2c(c1)nnn2C. The molecule has 16 heavy (non-hydrogen) atoms. The molecule has 5 heteroatoms. The van der Waals surface area contributed by atoms with E-state index in [-0.39, 0.29) is 0 Å². The van der Waals surface area contributed by atoms with Gasteiger partial charge in [0.25, 0.3) is 0 Å². The molecule has 1 heterocycles. The van der Waals surface area contributed by atoms with Crippen molar-refractivity contribution in [3.63, 3.8) is 0 Å². The Hall–Kier alpha value is -1.23. The molecular weight excluding hydrogens is 220 g/mol. The largest absolute Gasteiger partial charge is 0.384 e. The number of hydrogen-bond donors (Lipinski definition) is 1. The first-order valence-corrected chi connectivity index (χ1v) is 6.58. The van der Waals surface area contributed by atoms with Crippen molar-refractivity contribution in [2.24, 2.45) is 7.05 Å². The zero-order chi connectivity index (χ0) is 11.4. The smallest absolute Gasteiger partial charge is 0.115 e. The molecule has 0 saturated carbocycles. The standard InChI is InChI=1S/C11H16N4S/c1-3-16-7-6-12-9-4-5-11-10(8-9)13-14-15(11)2/h4-5,8,12H,3,6-7H2,1-2H3. The van der Waals surface area contributed by atoms with Crippen LogP contribution >= 0.6 is 11.8 Å². The summed E-state index contributed by atoms with van der Waals surface area (Å²) < 4.78 is 1.78. The van der Waals surface area contributed by atoms with E-state index in [4.69, 9.17) is 0 Å². The van der Waals surface area contributed by atoms with Crippen molar-refractivity contribution in [1.29, 1.82) is 0 Å². The van der Waals surface area contributed by atoms with Gasteiger partial charge >= 0.3 is 0 Å². The number of hydrogen-bond acceptors (Lipinski definition) is 4. The average molecular weight is 236 g/mol. The van der Waals surface area contributed by atoms with Crippen LogP contribution in [0.2, 0.25) is 0 Å². The van der Waals surface area contributed by atoms with Gasteiger partial charge in [0, 0.05) is 25.0 Å². The third kappa shape index (κ3) is 2.47. The van der Waals surface area contributed by atoms with Crippen molar-refractivity contribution >= 4 is 28.5 Å². The lowest BCUT2D eigenvalue weighted by Gasteiger charge is -2.05. The van der Waals surface area contributed by atoms with Gasteiger partial charge in [0.2, 0.25) is 0 Å². The lowest BCUT2D eigenvalue weighted by atomic mass is 10.2. The highest BCUT2D eigenvalue weighted by Gasteiger charge is 2.01. The Balaban J connectivity index is 2.02. The first kappa shape index (κ1) is 11.3. The number of rotatable bonds is 5. The van der Waals surface area contributed by atoms with E-state index < -0.39 is 0 Å². The Kier molecular flexibility index (Phi) is 3.66. The second-order valence-electron chi connectivity index (χ2n) is 3.54. The molecule has 0 amide bonds. The zero-order valence-corrected chi connectivity index (χ0v) is 10.4. The van der Waals surface area contributed by atoms with E-state index in [1.165, 1.54) is 5.75 Å². The molecule has 86 valence electrons. The van der Waals surface area contributed by atoms with Crippen LogP contribution in [0.5, 0.6) is 0 Å². The lowest BCUT2D eigenvalue weighted by Crippen LogP contribution is -2.03. The number of thioether (sulfide) groups is 1. The van der Waals surface area contributed by atoms with Gasteiger partial charge in [-0.05, 0) is 24.0 Å². The summed E-state index contributed by atoms with van der Waals surface area (Å²) in [5, 5.41) is 11.5. The average Bonchev–Trinajstić information content (AvgIpc) is 2.66. The summed E-state index contributed by atoms with van der Waals surface area (Å²) in [5.74, 6) is 2.31. The molecule has 0 saturated heterocycles. The van der Waals surface area contributed by atoms with E-state index in [1.807, 2.05) is 30.9 Å². The van der Waals surface area contributed by atoms with E-state index in [9.17, 15) is 0 Å². The molecule has 0 unspecified atom stereocenters. The molecule has 2 rings (SSSR count). The molecule has 0 spiro atoms. The molecule has 0 radical (unpaired) electrons. The second kappa shape index (κ2) is 5.21. The Labute approximate surface area is 99.4 Å². The van der Waals surface area contributed by atoms with E-state index in [0.29, 0.717) is 0 Å². The maximum absolute atomic E-state index is 4.09. The van der Waals surface area contributed by atoms with Gasteiger partial charge in [0.15, 0.2) is 0 Å². The summed E-state index contributed by atoms with van der Waals surface area (Å²) in [5.41, 5.74) is 3.12. The highest BCUT2D eigenvalue weighted by atomic mass is 32.2. The minimum Gasteiger partial charge on any atom is -0.384 e. The third-order valence-electron chi connectivity index (χ3n) is 2.39. The van der Waals surface area contributed by atoms with Gasteiger partial charge in [0.1, 0.15) is 5.52 Å². The van der Waals surface area contributed by atoms with Crippen LogP contribution in [0.1, 0.15) is 6.92 Å². The summed E-state index contributed by atoms with van der Waals surface area (Å²) in [6.45, 7) is 3.17. The van der Waals surface area contributed by atoms with Gasteiger partial charge in [0.05, 0.1) is 5.52 Å². The highest BCUT2D eigenvalue weighted by molar-refractivity contribution is 7.99. The Morgan fingerprint density at radius 2 is 2.31 bits per heavy atom. The molecule has 0 atom stereocenters. The van der Waals surface area contributed by atoms with Crippen molar-refractivity contribution in [1.82, 2.24) is 15.0 Å². The summed E-state index contributed by atoms with van der Waals surface area (Å²) in [6, 6.07) is 6.16. The van der Waals surface area contributed by atoms with Crippen molar-refractivity contribution < 1.29 is 0 Å². The fourth-order valence-electron chi connectivity index (χ4n) is 1.56. The molecular formula is C11H16N4S. The van der Waals surface area contributed by atoms with Crippen LogP contribution in [0.3, 0.4) is 0 Å². The highest BCUT2D eigenvalue weighted by Crippen LogP contribution is 2.16.